The Bertz CT molecular complexity index is 2140. The van der Waals surface area contributed by atoms with Gasteiger partial charge in [-0.25, -0.2) is 0 Å². The Balaban J connectivity index is 0.915. The van der Waals surface area contributed by atoms with Crippen LogP contribution in [0, 0.1) is 50.2 Å². The van der Waals surface area contributed by atoms with Crippen molar-refractivity contribution in [2.45, 2.75) is 241 Å². The van der Waals surface area contributed by atoms with Crippen molar-refractivity contribution >= 4 is 5.97 Å². The van der Waals surface area contributed by atoms with Crippen molar-refractivity contribution in [3.63, 3.8) is 0 Å². The van der Waals surface area contributed by atoms with Crippen LogP contribution in [-0.2, 0) is 52.2 Å². The molecule has 78 heavy (non-hydrogen) atoms. The van der Waals surface area contributed by atoms with Gasteiger partial charge in [0.05, 0.1) is 62.9 Å². The fourth-order valence-corrected chi connectivity index (χ4v) is 17.9. The number of aliphatic hydroxyl groups excluding tert-OH is 13. The molecule has 0 amide bonds. The number of esters is 1. The lowest BCUT2D eigenvalue weighted by atomic mass is 9.30. The molecular formula is C54H88O24. The van der Waals surface area contributed by atoms with Gasteiger partial charge in [-0.3, -0.25) is 4.79 Å². The molecule has 24 nitrogen and oxygen atoms in total. The van der Waals surface area contributed by atoms with Crippen LogP contribution in [-0.4, -0.2) is 247 Å². The van der Waals surface area contributed by atoms with Crippen molar-refractivity contribution in [3.8, 4) is 0 Å². The molecule has 0 aromatic rings. The molecule has 448 valence electrons. The largest absolute Gasteiger partial charge is 0.462 e. The number of carbonyl (C=O) groups is 1. The molecular weight excluding hydrogens is 1030 g/mol. The van der Waals surface area contributed by atoms with E-state index in [2.05, 4.69) is 34.6 Å². The van der Waals surface area contributed by atoms with Crippen LogP contribution in [0.4, 0.5) is 0 Å². The summed E-state index contributed by atoms with van der Waals surface area (Å²) in [6, 6.07) is 0. The summed E-state index contributed by atoms with van der Waals surface area (Å²) in [5, 5.41) is 143. The average Bonchev–Trinajstić information content (AvgIpc) is 3.85. The van der Waals surface area contributed by atoms with Crippen LogP contribution in [0.2, 0.25) is 0 Å². The monoisotopic (exact) mass is 1120 g/mol. The molecule has 5 heterocycles. The molecule has 5 saturated carbocycles. The predicted molar refractivity (Wildman–Crippen MR) is 263 cm³/mol. The molecule has 2 bridgehead atoms. The van der Waals surface area contributed by atoms with E-state index in [-0.39, 0.29) is 46.6 Å². The molecule has 30 atom stereocenters. The van der Waals surface area contributed by atoms with E-state index < -0.39 is 177 Å². The number of hydrogen-bond donors (Lipinski definition) is 13. The van der Waals surface area contributed by atoms with Gasteiger partial charge in [-0.05, 0) is 85.9 Å². The molecule has 0 aromatic carbocycles. The first kappa shape index (κ1) is 59.7. The van der Waals surface area contributed by atoms with Crippen molar-refractivity contribution in [2.75, 3.05) is 39.6 Å². The molecule has 24 heteroatoms. The first-order chi connectivity index (χ1) is 36.6. The summed E-state index contributed by atoms with van der Waals surface area (Å²) < 4.78 is 61.9. The number of carbonyl (C=O) groups excluding carboxylic acids is 1. The summed E-state index contributed by atoms with van der Waals surface area (Å²) in [4.78, 5) is 12.6. The lowest BCUT2D eigenvalue weighted by Crippen LogP contribution is -2.75. The minimum absolute atomic E-state index is 0.0473. The highest BCUT2D eigenvalue weighted by Gasteiger charge is 2.82. The van der Waals surface area contributed by atoms with E-state index in [4.69, 9.17) is 47.4 Å². The van der Waals surface area contributed by atoms with E-state index >= 15 is 0 Å². The molecule has 10 fully saturated rings. The van der Waals surface area contributed by atoms with E-state index in [0.29, 0.717) is 38.7 Å². The van der Waals surface area contributed by atoms with Gasteiger partial charge >= 0.3 is 5.97 Å². The van der Waals surface area contributed by atoms with Gasteiger partial charge < -0.3 is 114 Å². The molecule has 13 N–H and O–H groups in total. The zero-order chi connectivity index (χ0) is 56.6. The fraction of sp³-hybridized carbons (Fsp3) is 0.981. The first-order valence-electron chi connectivity index (χ1n) is 28.2. The molecule has 10 rings (SSSR count). The van der Waals surface area contributed by atoms with Crippen LogP contribution in [0.3, 0.4) is 0 Å². The maximum atomic E-state index is 12.6. The molecule has 1 spiro atoms. The Labute approximate surface area is 454 Å². The quantitative estimate of drug-likeness (QED) is 0.0706. The number of ether oxygens (including phenoxy) is 10. The normalized spacial score (nSPS) is 56.7. The number of hydrogen-bond acceptors (Lipinski definition) is 24. The van der Waals surface area contributed by atoms with Crippen molar-refractivity contribution < 1.29 is 119 Å². The van der Waals surface area contributed by atoms with Gasteiger partial charge in [-0.1, -0.05) is 41.5 Å². The minimum Gasteiger partial charge on any atom is -0.462 e. The average molecular weight is 1120 g/mol. The van der Waals surface area contributed by atoms with Gasteiger partial charge in [0.25, 0.3) is 0 Å². The van der Waals surface area contributed by atoms with E-state index in [0.717, 1.165) is 25.7 Å². The summed E-state index contributed by atoms with van der Waals surface area (Å²) in [5.74, 6) is -0.425. The summed E-state index contributed by atoms with van der Waals surface area (Å²) in [6.45, 7) is 12.3. The van der Waals surface area contributed by atoms with E-state index in [1.165, 1.54) is 6.92 Å². The van der Waals surface area contributed by atoms with Gasteiger partial charge in [0.2, 0.25) is 0 Å². The third-order valence-electron chi connectivity index (χ3n) is 22.3. The molecule has 0 unspecified atom stereocenters. The minimum atomic E-state index is -1.93. The highest BCUT2D eigenvalue weighted by Crippen LogP contribution is 2.81. The zero-order valence-corrected chi connectivity index (χ0v) is 45.8. The van der Waals surface area contributed by atoms with Crippen LogP contribution < -0.4 is 0 Å². The molecule has 5 aliphatic heterocycles. The first-order valence-corrected chi connectivity index (χ1v) is 28.2. The summed E-state index contributed by atoms with van der Waals surface area (Å²) in [6.07, 6.45) is -26.7. The molecule has 0 radical (unpaired) electrons. The Kier molecular flexibility index (Phi) is 16.3. The van der Waals surface area contributed by atoms with Crippen LogP contribution in [0.1, 0.15) is 106 Å². The molecule has 5 aliphatic carbocycles. The Morgan fingerprint density at radius 2 is 1.18 bits per heavy atom. The van der Waals surface area contributed by atoms with Crippen LogP contribution in [0.5, 0.6) is 0 Å². The standard InChI is InChI=1S/C54H88O24/c1-23(58)72-33-16-48(2,3)14-30-53(33)22-71-54(30)13-9-29-49(4)11-10-32(50(5,21-57)28(49)8-12-51(29,6)52(54,7)15-31(53)60)76-46-42(78-45-41(68)38(65)35(62)25(17-55)73-45)37(64)27(20-70-46)75-47-43(39(66)36(63)26(18-56)74-47)77-44-40(67)34(61)24(59)19-69-44/h24-47,55-57,59-68H,8-22H2,1-7H3/t24-,25-,26-,27+,28-,29-,30+,31-,32+,33+,34+,35-,36-,37+,38+,39+,40-,41-,42-,43-,44+,45+,46+,47+,49+,50+,51-,52+,53+,54+/m1/s1. The fourth-order valence-electron chi connectivity index (χ4n) is 17.9. The highest BCUT2D eigenvalue weighted by molar-refractivity contribution is 5.66. The lowest BCUT2D eigenvalue weighted by molar-refractivity contribution is -0.393. The Morgan fingerprint density at radius 1 is 0.564 bits per heavy atom. The maximum absolute atomic E-state index is 12.6. The SMILES string of the molecule is CC(=O)O[C@H]1CC(C)(C)C[C@H]2[C@]13CO[C@@]21CC[C@@H]2[C@@]4(C)CC[C@H](O[C@@H]5OC[C@H](O[C@@H]6O[C@H](CO)[C@@H](O)[C@H](O)[C@H]6O[C@@H]6OC[C@@H](O)[C@H](O)[C@H]6O)[C@H](O)[C@H]5O[C@@H]5O[C@H](CO)[C@@H](O)[C@H](O)[C@H]5O)[C@@](C)(CO)[C@@H]4CC[C@@]2(C)[C@]1(C)C[C@H]3O. The van der Waals surface area contributed by atoms with Crippen LogP contribution in [0.25, 0.3) is 0 Å². The summed E-state index contributed by atoms with van der Waals surface area (Å²) in [5.41, 5.74) is -3.60. The van der Waals surface area contributed by atoms with Crippen molar-refractivity contribution in [3.05, 3.63) is 0 Å². The Hall–Kier alpha value is -1.41. The van der Waals surface area contributed by atoms with E-state index in [1.54, 1.807) is 0 Å². The predicted octanol–water partition coefficient (Wildman–Crippen LogP) is -2.56. The number of fused-ring (bicyclic) bond motifs is 4. The van der Waals surface area contributed by atoms with E-state index in [9.17, 15) is 71.2 Å². The number of rotatable bonds is 12. The van der Waals surface area contributed by atoms with Gasteiger partial charge in [-0.2, -0.15) is 0 Å². The number of aliphatic hydroxyl groups is 13. The molecule has 5 saturated heterocycles. The van der Waals surface area contributed by atoms with Crippen molar-refractivity contribution in [1.82, 2.24) is 0 Å². The Morgan fingerprint density at radius 3 is 1.85 bits per heavy atom. The molecule has 0 aromatic heterocycles. The van der Waals surface area contributed by atoms with Crippen LogP contribution >= 0.6 is 0 Å². The van der Waals surface area contributed by atoms with E-state index in [1.807, 2.05) is 6.92 Å². The lowest BCUT2D eigenvalue weighted by Gasteiger charge is -2.75. The maximum Gasteiger partial charge on any atom is 0.302 e. The van der Waals surface area contributed by atoms with Gasteiger partial charge in [0.15, 0.2) is 25.2 Å². The third kappa shape index (κ3) is 9.02. The zero-order valence-electron chi connectivity index (χ0n) is 45.8. The smallest absolute Gasteiger partial charge is 0.302 e. The summed E-state index contributed by atoms with van der Waals surface area (Å²) >= 11 is 0. The van der Waals surface area contributed by atoms with Crippen LogP contribution in [0.15, 0.2) is 0 Å². The second-order valence-corrected chi connectivity index (χ2v) is 26.7. The van der Waals surface area contributed by atoms with Crippen molar-refractivity contribution in [2.24, 2.45) is 50.2 Å². The second kappa shape index (κ2) is 21.3. The van der Waals surface area contributed by atoms with Crippen molar-refractivity contribution in [1.29, 1.82) is 0 Å². The third-order valence-corrected chi connectivity index (χ3v) is 22.3. The van der Waals surface area contributed by atoms with Gasteiger partial charge in [0, 0.05) is 23.7 Å². The topological polar surface area (TPSA) is 372 Å². The molecule has 10 aliphatic rings. The second-order valence-electron chi connectivity index (χ2n) is 26.7. The van der Waals surface area contributed by atoms with Gasteiger partial charge in [0.1, 0.15) is 91.6 Å². The summed E-state index contributed by atoms with van der Waals surface area (Å²) in [7, 11) is 0. The van der Waals surface area contributed by atoms with Gasteiger partial charge in [-0.15, -0.1) is 0 Å². The highest BCUT2D eigenvalue weighted by atomic mass is 16.8.